The topological polar surface area (TPSA) is 35.5 Å². The monoisotopic (exact) mass is 266 g/mol. The zero-order valence-electron chi connectivity index (χ0n) is 11.3. The molecule has 1 aliphatic heterocycles. The minimum absolute atomic E-state index is 0.210. The lowest BCUT2D eigenvalue weighted by Gasteiger charge is -2.23. The van der Waals surface area contributed by atoms with Crippen LogP contribution in [0, 0.1) is 20.8 Å². The fraction of sp³-hybridized carbons (Fsp3) is 0.500. The molecule has 0 amide bonds. The van der Waals surface area contributed by atoms with Crippen molar-refractivity contribution < 1.29 is 14.3 Å². The lowest BCUT2D eigenvalue weighted by Crippen LogP contribution is -2.14. The fourth-order valence-corrected chi connectivity index (χ4v) is 3.59. The molecule has 3 nitrogen and oxygen atoms in total. The average molecular weight is 266 g/mol. The van der Waals surface area contributed by atoms with Crippen molar-refractivity contribution in [2.45, 2.75) is 32.1 Å². The molecule has 0 N–H and O–H groups in total. The molecular formula is C14H18O3S. The van der Waals surface area contributed by atoms with E-state index >= 15 is 0 Å². The summed E-state index contributed by atoms with van der Waals surface area (Å²) in [6, 6.07) is 0. The van der Waals surface area contributed by atoms with Crippen molar-refractivity contribution in [3.8, 4) is 5.75 Å². The molecule has 0 aliphatic carbocycles. The van der Waals surface area contributed by atoms with Gasteiger partial charge >= 0.3 is 0 Å². The minimum Gasteiger partial charge on any atom is -0.467 e. The highest BCUT2D eigenvalue weighted by Gasteiger charge is 2.26. The number of carbonyl (C=O) groups is 1. The van der Waals surface area contributed by atoms with Crippen molar-refractivity contribution >= 4 is 17.5 Å². The van der Waals surface area contributed by atoms with E-state index in [4.69, 9.17) is 9.47 Å². The van der Waals surface area contributed by atoms with Crippen LogP contribution < -0.4 is 4.74 Å². The first-order valence-electron chi connectivity index (χ1n) is 5.99. The Morgan fingerprint density at radius 2 is 1.89 bits per heavy atom. The molecule has 1 heterocycles. The van der Waals surface area contributed by atoms with Gasteiger partial charge < -0.3 is 9.47 Å². The minimum atomic E-state index is 0.210. The van der Waals surface area contributed by atoms with Gasteiger partial charge in [0.25, 0.3) is 0 Å². The van der Waals surface area contributed by atoms with E-state index < -0.39 is 0 Å². The van der Waals surface area contributed by atoms with Crippen LogP contribution in [0.5, 0.6) is 5.75 Å². The van der Waals surface area contributed by atoms with E-state index in [1.165, 1.54) is 0 Å². The zero-order valence-corrected chi connectivity index (χ0v) is 12.1. The standard InChI is InChI=1S/C14H18O3S/c1-8-9(2)14-12(11(15)5-6-18-14)10(3)13(8)17-7-16-4/h5-7H2,1-4H3. The van der Waals surface area contributed by atoms with E-state index in [1.807, 2.05) is 13.8 Å². The molecule has 0 saturated heterocycles. The van der Waals surface area contributed by atoms with Crippen LogP contribution in [0.15, 0.2) is 4.90 Å². The molecule has 0 radical (unpaired) electrons. The lowest BCUT2D eigenvalue weighted by molar-refractivity contribution is 0.0499. The first kappa shape index (κ1) is 13.4. The number of methoxy groups -OCH3 is 1. The molecule has 0 spiro atoms. The molecule has 1 aromatic rings. The van der Waals surface area contributed by atoms with Crippen LogP contribution in [0.2, 0.25) is 0 Å². The van der Waals surface area contributed by atoms with Gasteiger partial charge in [0.05, 0.1) is 0 Å². The Bertz CT molecular complexity index is 495. The zero-order chi connectivity index (χ0) is 13.3. The van der Waals surface area contributed by atoms with Gasteiger partial charge in [-0.1, -0.05) is 0 Å². The Kier molecular flexibility index (Phi) is 3.97. The van der Waals surface area contributed by atoms with Crippen molar-refractivity contribution in [2.75, 3.05) is 19.7 Å². The van der Waals surface area contributed by atoms with E-state index in [-0.39, 0.29) is 12.6 Å². The summed E-state index contributed by atoms with van der Waals surface area (Å²) in [6.45, 7) is 6.26. The van der Waals surface area contributed by atoms with Crippen LogP contribution in [0.25, 0.3) is 0 Å². The van der Waals surface area contributed by atoms with Crippen molar-refractivity contribution in [3.05, 3.63) is 22.3 Å². The normalized spacial score (nSPS) is 14.6. The summed E-state index contributed by atoms with van der Waals surface area (Å²) in [5, 5.41) is 0. The summed E-state index contributed by atoms with van der Waals surface area (Å²) in [5.74, 6) is 1.90. The highest BCUT2D eigenvalue weighted by Crippen LogP contribution is 2.41. The second-order valence-corrected chi connectivity index (χ2v) is 5.59. The van der Waals surface area contributed by atoms with Gasteiger partial charge in [-0.3, -0.25) is 4.79 Å². The van der Waals surface area contributed by atoms with Crippen molar-refractivity contribution in [1.82, 2.24) is 0 Å². The molecule has 98 valence electrons. The molecule has 1 aliphatic rings. The molecule has 0 saturated carbocycles. The third kappa shape index (κ3) is 2.15. The van der Waals surface area contributed by atoms with Crippen LogP contribution in [0.1, 0.15) is 33.5 Å². The Balaban J connectivity index is 2.59. The summed E-state index contributed by atoms with van der Waals surface area (Å²) < 4.78 is 10.6. The molecule has 1 aromatic carbocycles. The molecule has 4 heteroatoms. The van der Waals surface area contributed by atoms with Crippen LogP contribution in [-0.4, -0.2) is 25.4 Å². The Hall–Kier alpha value is -1.000. The van der Waals surface area contributed by atoms with E-state index in [0.717, 1.165) is 38.7 Å². The smallest absolute Gasteiger partial charge is 0.188 e. The molecule has 0 aromatic heterocycles. The van der Waals surface area contributed by atoms with Crippen LogP contribution in [0.4, 0.5) is 0 Å². The Morgan fingerprint density at radius 3 is 2.56 bits per heavy atom. The maximum absolute atomic E-state index is 12.1. The fourth-order valence-electron chi connectivity index (χ4n) is 2.31. The van der Waals surface area contributed by atoms with E-state index in [9.17, 15) is 4.79 Å². The van der Waals surface area contributed by atoms with Gasteiger partial charge in [-0.05, 0) is 31.9 Å². The Morgan fingerprint density at radius 1 is 1.17 bits per heavy atom. The summed E-state index contributed by atoms with van der Waals surface area (Å²) >= 11 is 1.77. The van der Waals surface area contributed by atoms with Crippen molar-refractivity contribution in [3.63, 3.8) is 0 Å². The molecule has 0 fully saturated rings. The number of benzene rings is 1. The van der Waals surface area contributed by atoms with Crippen LogP contribution >= 0.6 is 11.8 Å². The highest BCUT2D eigenvalue weighted by atomic mass is 32.2. The second-order valence-electron chi connectivity index (χ2n) is 4.48. The molecule has 2 rings (SSSR count). The lowest BCUT2D eigenvalue weighted by atomic mass is 9.95. The van der Waals surface area contributed by atoms with E-state index in [2.05, 4.69) is 6.92 Å². The van der Waals surface area contributed by atoms with Crippen molar-refractivity contribution in [2.24, 2.45) is 0 Å². The third-order valence-electron chi connectivity index (χ3n) is 3.36. The molecule has 18 heavy (non-hydrogen) atoms. The molecule has 0 atom stereocenters. The molecule has 0 unspecified atom stereocenters. The van der Waals surface area contributed by atoms with Gasteiger partial charge in [0.1, 0.15) is 5.75 Å². The summed E-state index contributed by atoms with van der Waals surface area (Å²) in [6.07, 6.45) is 0.616. The first-order chi connectivity index (χ1) is 8.57. The number of thioether (sulfide) groups is 1. The van der Waals surface area contributed by atoms with Gasteiger partial charge in [0.15, 0.2) is 12.6 Å². The summed E-state index contributed by atoms with van der Waals surface area (Å²) in [5.41, 5.74) is 4.05. The van der Waals surface area contributed by atoms with Gasteiger partial charge in [-0.25, -0.2) is 0 Å². The highest BCUT2D eigenvalue weighted by molar-refractivity contribution is 7.99. The largest absolute Gasteiger partial charge is 0.467 e. The van der Waals surface area contributed by atoms with Gasteiger partial charge in [0, 0.05) is 35.3 Å². The second kappa shape index (κ2) is 5.33. The number of hydrogen-bond donors (Lipinski definition) is 0. The van der Waals surface area contributed by atoms with Crippen LogP contribution in [0.3, 0.4) is 0 Å². The van der Waals surface area contributed by atoms with Gasteiger partial charge in [-0.15, -0.1) is 11.8 Å². The SMILES string of the molecule is COCOc1c(C)c(C)c2c(c1C)C(=O)CCS2. The predicted molar refractivity (Wildman–Crippen MR) is 72.8 cm³/mol. The van der Waals surface area contributed by atoms with E-state index in [0.29, 0.717) is 6.42 Å². The average Bonchev–Trinajstić information content (AvgIpc) is 2.36. The van der Waals surface area contributed by atoms with Gasteiger partial charge in [0.2, 0.25) is 0 Å². The quantitative estimate of drug-likeness (QED) is 0.787. The number of hydrogen-bond acceptors (Lipinski definition) is 4. The van der Waals surface area contributed by atoms with E-state index in [1.54, 1.807) is 18.9 Å². The van der Waals surface area contributed by atoms with Crippen LogP contribution in [-0.2, 0) is 4.74 Å². The number of Topliss-reactive ketones (excluding diaryl/α,β-unsaturated/α-hetero) is 1. The molecular weight excluding hydrogens is 248 g/mol. The number of ether oxygens (including phenoxy) is 2. The number of carbonyl (C=O) groups excluding carboxylic acids is 1. The van der Waals surface area contributed by atoms with Crippen molar-refractivity contribution in [1.29, 1.82) is 0 Å². The number of rotatable bonds is 3. The summed E-state index contributed by atoms with van der Waals surface area (Å²) in [4.78, 5) is 13.2. The summed E-state index contributed by atoms with van der Waals surface area (Å²) in [7, 11) is 1.59. The number of ketones is 1. The Labute approximate surface area is 112 Å². The third-order valence-corrected chi connectivity index (χ3v) is 4.57. The maximum Gasteiger partial charge on any atom is 0.188 e. The van der Waals surface area contributed by atoms with Gasteiger partial charge in [-0.2, -0.15) is 0 Å². The first-order valence-corrected chi connectivity index (χ1v) is 6.98. The molecule has 0 bridgehead atoms. The number of fused-ring (bicyclic) bond motifs is 1. The predicted octanol–water partition coefficient (Wildman–Crippen LogP) is 3.27. The maximum atomic E-state index is 12.1.